The Labute approximate surface area is 112 Å². The van der Waals surface area contributed by atoms with Gasteiger partial charge in [0.15, 0.2) is 0 Å². The minimum atomic E-state index is -1.47. The van der Waals surface area contributed by atoms with Crippen LogP contribution in [0.2, 0.25) is 21.7 Å². The zero-order valence-corrected chi connectivity index (χ0v) is 15.3. The molecule has 17 heavy (non-hydrogen) atoms. The molecule has 1 heteroatoms. The quantitative estimate of drug-likeness (QED) is 0.506. The van der Waals surface area contributed by atoms with Gasteiger partial charge in [0, 0.05) is 0 Å². The van der Waals surface area contributed by atoms with Crippen LogP contribution in [0.4, 0.5) is 0 Å². The van der Waals surface area contributed by atoms with Crippen LogP contribution in [-0.4, -0.2) is 8.07 Å². The van der Waals surface area contributed by atoms with Crippen molar-refractivity contribution in [1.29, 1.82) is 0 Å². The van der Waals surface area contributed by atoms with Gasteiger partial charge in [-0.25, -0.2) is 0 Å². The maximum atomic E-state index is 2.65. The highest BCUT2D eigenvalue weighted by Crippen LogP contribution is 2.65. The van der Waals surface area contributed by atoms with E-state index in [0.29, 0.717) is 15.1 Å². The monoisotopic (exact) mass is 256 g/mol. The number of hydrogen-bond donors (Lipinski definition) is 0. The van der Waals surface area contributed by atoms with E-state index < -0.39 is 8.07 Å². The fourth-order valence-corrected chi connectivity index (χ4v) is 11.7. The Kier molecular flexibility index (Phi) is 4.78. The molecule has 1 unspecified atom stereocenters. The van der Waals surface area contributed by atoms with Crippen LogP contribution in [0.1, 0.15) is 75.7 Å². The lowest BCUT2D eigenvalue weighted by Crippen LogP contribution is -2.59. The summed E-state index contributed by atoms with van der Waals surface area (Å²) in [5.41, 5.74) is 0. The third-order valence-corrected chi connectivity index (χ3v) is 15.4. The minimum absolute atomic E-state index is 0.445. The predicted molar refractivity (Wildman–Crippen MR) is 84.5 cm³/mol. The first-order chi connectivity index (χ1) is 7.25. The zero-order chi connectivity index (χ0) is 14.3. The van der Waals surface area contributed by atoms with Gasteiger partial charge in [-0.3, -0.25) is 0 Å². The maximum absolute atomic E-state index is 2.65. The van der Waals surface area contributed by atoms with Gasteiger partial charge in [0.25, 0.3) is 0 Å². The molecule has 0 aliphatic carbocycles. The molecule has 0 fully saturated rings. The van der Waals surface area contributed by atoms with E-state index in [9.17, 15) is 0 Å². The van der Waals surface area contributed by atoms with E-state index in [0.717, 1.165) is 5.92 Å². The second-order valence-corrected chi connectivity index (χ2v) is 14.9. The van der Waals surface area contributed by atoms with Crippen LogP contribution in [-0.2, 0) is 0 Å². The minimum Gasteiger partial charge on any atom is -0.0680 e. The van der Waals surface area contributed by atoms with Gasteiger partial charge in [-0.05, 0) is 21.0 Å². The third kappa shape index (κ3) is 2.50. The molecule has 0 aromatic carbocycles. The molecule has 0 rings (SSSR count). The van der Waals surface area contributed by atoms with Crippen LogP contribution in [0.25, 0.3) is 0 Å². The summed E-state index contributed by atoms with van der Waals surface area (Å²) in [6.07, 6.45) is 1.31. The molecule has 0 spiro atoms. The second kappa shape index (κ2) is 4.72. The molecule has 0 heterocycles. The first-order valence-electron chi connectivity index (χ1n) is 7.25. The zero-order valence-electron chi connectivity index (χ0n) is 14.3. The Morgan fingerprint density at radius 2 is 1.12 bits per heavy atom. The van der Waals surface area contributed by atoms with Crippen LogP contribution in [0, 0.1) is 5.92 Å². The first kappa shape index (κ1) is 17.2. The van der Waals surface area contributed by atoms with Crippen molar-refractivity contribution < 1.29 is 0 Å². The Morgan fingerprint density at radius 1 is 0.824 bits per heavy atom. The molecule has 0 aromatic heterocycles. The lowest BCUT2D eigenvalue weighted by Gasteiger charge is -2.61. The van der Waals surface area contributed by atoms with Gasteiger partial charge < -0.3 is 0 Å². The van der Waals surface area contributed by atoms with Gasteiger partial charge in [0.2, 0.25) is 0 Å². The summed E-state index contributed by atoms with van der Waals surface area (Å²) in [4.78, 5) is 0. The molecule has 0 saturated carbocycles. The van der Waals surface area contributed by atoms with E-state index in [1.807, 2.05) is 0 Å². The lowest BCUT2D eigenvalue weighted by atomic mass is 9.94. The second-order valence-electron chi connectivity index (χ2n) is 8.55. The summed E-state index contributed by atoms with van der Waals surface area (Å²) in [7, 11) is -1.47. The molecule has 0 N–H and O–H groups in total. The smallest absolute Gasteiger partial charge is 0.0674 e. The summed E-state index contributed by atoms with van der Waals surface area (Å²) < 4.78 is 0. The average molecular weight is 257 g/mol. The van der Waals surface area contributed by atoms with E-state index in [1.165, 1.54) is 6.42 Å². The normalized spacial score (nSPS) is 18.4. The molecule has 0 aliphatic rings. The summed E-state index contributed by atoms with van der Waals surface area (Å²) >= 11 is 0. The van der Waals surface area contributed by atoms with Gasteiger partial charge in [-0.15, -0.1) is 0 Å². The van der Waals surface area contributed by atoms with Crippen LogP contribution in [0.5, 0.6) is 0 Å². The third-order valence-electron chi connectivity index (χ3n) is 6.15. The topological polar surface area (TPSA) is 0 Å². The summed E-state index contributed by atoms with van der Waals surface area (Å²) in [6.45, 7) is 27.3. The van der Waals surface area contributed by atoms with Crippen molar-refractivity contribution in [3.05, 3.63) is 0 Å². The summed E-state index contributed by atoms with van der Waals surface area (Å²) in [6, 6.07) is 0. The van der Waals surface area contributed by atoms with Gasteiger partial charge in [-0.1, -0.05) is 82.2 Å². The molecule has 104 valence electrons. The van der Waals surface area contributed by atoms with Crippen molar-refractivity contribution >= 4 is 8.07 Å². The molecule has 0 bridgehead atoms. The predicted octanol–water partition coefficient (Wildman–Crippen LogP) is 6.49. The Morgan fingerprint density at radius 3 is 1.18 bits per heavy atom. The van der Waals surface area contributed by atoms with E-state index >= 15 is 0 Å². The maximum Gasteiger partial charge on any atom is 0.0674 e. The number of rotatable bonds is 3. The van der Waals surface area contributed by atoms with Crippen molar-refractivity contribution in [2.45, 2.75) is 97.3 Å². The molecule has 0 aromatic rings. The van der Waals surface area contributed by atoms with Crippen molar-refractivity contribution in [2.24, 2.45) is 5.92 Å². The van der Waals surface area contributed by atoms with Crippen molar-refractivity contribution in [3.8, 4) is 0 Å². The molecular weight excluding hydrogens is 220 g/mol. The Bertz CT molecular complexity index is 238. The fraction of sp³-hybridized carbons (Fsp3) is 1.00. The molecule has 1 atom stereocenters. The van der Waals surface area contributed by atoms with Crippen LogP contribution < -0.4 is 0 Å². The van der Waals surface area contributed by atoms with Gasteiger partial charge in [-0.2, -0.15) is 0 Å². The molecule has 0 saturated heterocycles. The Balaban J connectivity index is 5.99. The molecule has 0 aliphatic heterocycles. The molecule has 0 nitrogen and oxygen atoms in total. The van der Waals surface area contributed by atoms with Crippen molar-refractivity contribution in [3.63, 3.8) is 0 Å². The highest BCUT2D eigenvalue weighted by Gasteiger charge is 2.59. The lowest BCUT2D eigenvalue weighted by molar-refractivity contribution is 0.372. The van der Waals surface area contributed by atoms with Crippen LogP contribution in [0.3, 0.4) is 0 Å². The average Bonchev–Trinajstić information content (AvgIpc) is 2.11. The standard InChI is InChI=1S/C16H36Si/c1-12-16(10,13(2)3)17(11,14(4,5)6)15(7,8)9/h13H,12H2,1-11H3. The summed E-state index contributed by atoms with van der Waals surface area (Å²) in [5.74, 6) is 0.766. The first-order valence-corrected chi connectivity index (χ1v) is 9.75. The van der Waals surface area contributed by atoms with E-state index in [1.54, 1.807) is 0 Å². The van der Waals surface area contributed by atoms with Gasteiger partial charge in [0.1, 0.15) is 0 Å². The summed E-state index contributed by atoms with van der Waals surface area (Å²) in [5, 5.41) is 1.39. The van der Waals surface area contributed by atoms with Crippen LogP contribution >= 0.6 is 0 Å². The Hall–Kier alpha value is 0.217. The van der Waals surface area contributed by atoms with Crippen molar-refractivity contribution in [2.75, 3.05) is 0 Å². The largest absolute Gasteiger partial charge is 0.0680 e. The molecule has 0 amide bonds. The van der Waals surface area contributed by atoms with Crippen LogP contribution in [0.15, 0.2) is 0 Å². The van der Waals surface area contributed by atoms with Gasteiger partial charge in [0.05, 0.1) is 8.07 Å². The fourth-order valence-electron chi connectivity index (χ4n) is 4.18. The molecular formula is C16H36Si. The highest BCUT2D eigenvalue weighted by molar-refractivity contribution is 6.86. The molecule has 0 radical (unpaired) electrons. The van der Waals surface area contributed by atoms with Gasteiger partial charge >= 0.3 is 0 Å². The SMILES string of the molecule is CCC(C)(C(C)C)[Si](C)(C(C)(C)C)C(C)(C)C. The van der Waals surface area contributed by atoms with Crippen molar-refractivity contribution in [1.82, 2.24) is 0 Å². The highest BCUT2D eigenvalue weighted by atomic mass is 28.3. The number of hydrogen-bond acceptors (Lipinski definition) is 0. The van der Waals surface area contributed by atoms with E-state index in [2.05, 4.69) is 75.8 Å². The van der Waals surface area contributed by atoms with E-state index in [4.69, 9.17) is 0 Å². The van der Waals surface area contributed by atoms with E-state index in [-0.39, 0.29) is 0 Å².